The zero-order chi connectivity index (χ0) is 17.1. The van der Waals surface area contributed by atoms with Crippen LogP contribution in [0.1, 0.15) is 41.0 Å². The molecule has 1 amide bonds. The van der Waals surface area contributed by atoms with Crippen molar-refractivity contribution in [3.63, 3.8) is 0 Å². The normalized spacial score (nSPS) is 11.7. The number of rotatable bonds is 9. The molecule has 0 aliphatic rings. The predicted molar refractivity (Wildman–Crippen MR) is 110 cm³/mol. The van der Waals surface area contributed by atoms with Gasteiger partial charge >= 0.3 is 0 Å². The van der Waals surface area contributed by atoms with Gasteiger partial charge in [0.25, 0.3) is 0 Å². The van der Waals surface area contributed by atoms with Gasteiger partial charge in [-0.3, -0.25) is 9.69 Å². The molecule has 0 spiro atoms. The van der Waals surface area contributed by atoms with Crippen molar-refractivity contribution in [3.05, 3.63) is 0 Å². The standard InChI is InChI=1S/C16H35N5O.HI/c1-8-9-17-16(19-12-15(22)20(6)7)18-10-11-21(13(2)3)14(4)5;/h13-14H,8-12H2,1-7H3,(H2,17,18,19);1H. The maximum atomic E-state index is 11.6. The summed E-state index contributed by atoms with van der Waals surface area (Å²) in [6.07, 6.45) is 1.02. The van der Waals surface area contributed by atoms with E-state index in [2.05, 4.69) is 55.1 Å². The molecule has 6 nitrogen and oxygen atoms in total. The zero-order valence-electron chi connectivity index (χ0n) is 15.8. The number of nitrogens with one attached hydrogen (secondary N) is 2. The van der Waals surface area contributed by atoms with Crippen LogP contribution in [-0.2, 0) is 4.79 Å². The minimum absolute atomic E-state index is 0. The zero-order valence-corrected chi connectivity index (χ0v) is 18.2. The Labute approximate surface area is 159 Å². The van der Waals surface area contributed by atoms with Crippen LogP contribution >= 0.6 is 24.0 Å². The van der Waals surface area contributed by atoms with E-state index in [0.29, 0.717) is 18.0 Å². The first-order valence-electron chi connectivity index (χ1n) is 8.27. The van der Waals surface area contributed by atoms with E-state index in [1.54, 1.807) is 19.0 Å². The molecule has 0 radical (unpaired) electrons. The lowest BCUT2D eigenvalue weighted by atomic mass is 10.2. The molecule has 7 heteroatoms. The van der Waals surface area contributed by atoms with Gasteiger partial charge in [-0.05, 0) is 34.1 Å². The molecule has 2 N–H and O–H groups in total. The van der Waals surface area contributed by atoms with Crippen LogP contribution in [0.25, 0.3) is 0 Å². The quantitative estimate of drug-likeness (QED) is 0.325. The molecular weight excluding hydrogens is 405 g/mol. The molecule has 0 atom stereocenters. The van der Waals surface area contributed by atoms with Crippen LogP contribution in [0.5, 0.6) is 0 Å². The van der Waals surface area contributed by atoms with E-state index in [9.17, 15) is 4.79 Å². The number of carbonyl (C=O) groups excluding carboxylic acids is 1. The molecule has 0 aliphatic heterocycles. The van der Waals surface area contributed by atoms with Crippen LogP contribution in [0.4, 0.5) is 0 Å². The lowest BCUT2D eigenvalue weighted by molar-refractivity contribution is -0.127. The Balaban J connectivity index is 0. The number of hydrogen-bond acceptors (Lipinski definition) is 3. The van der Waals surface area contributed by atoms with Crippen LogP contribution in [0, 0.1) is 0 Å². The van der Waals surface area contributed by atoms with Gasteiger partial charge in [0.1, 0.15) is 6.54 Å². The van der Waals surface area contributed by atoms with E-state index in [0.717, 1.165) is 26.1 Å². The number of guanidine groups is 1. The first kappa shape index (κ1) is 24.7. The minimum atomic E-state index is 0. The molecule has 0 unspecified atom stereocenters. The highest BCUT2D eigenvalue weighted by atomic mass is 127. The minimum Gasteiger partial charge on any atom is -0.356 e. The van der Waals surface area contributed by atoms with Gasteiger partial charge in [0.05, 0.1) is 0 Å². The number of hydrogen-bond donors (Lipinski definition) is 2. The molecule has 0 aromatic heterocycles. The highest BCUT2D eigenvalue weighted by molar-refractivity contribution is 14.0. The second-order valence-corrected chi connectivity index (χ2v) is 6.23. The van der Waals surface area contributed by atoms with Gasteiger partial charge in [0.2, 0.25) is 5.91 Å². The topological polar surface area (TPSA) is 60.0 Å². The van der Waals surface area contributed by atoms with E-state index in [-0.39, 0.29) is 36.4 Å². The number of aliphatic imine (C=N–C) groups is 1. The van der Waals surface area contributed by atoms with Crippen molar-refractivity contribution >= 4 is 35.8 Å². The van der Waals surface area contributed by atoms with Crippen LogP contribution in [0.2, 0.25) is 0 Å². The third-order valence-electron chi connectivity index (χ3n) is 3.40. The van der Waals surface area contributed by atoms with Crippen molar-refractivity contribution < 1.29 is 4.79 Å². The molecule has 0 saturated heterocycles. The fourth-order valence-electron chi connectivity index (χ4n) is 2.12. The summed E-state index contributed by atoms with van der Waals surface area (Å²) in [6, 6.07) is 1.03. The van der Waals surface area contributed by atoms with Gasteiger partial charge in [-0.25, -0.2) is 4.99 Å². The summed E-state index contributed by atoms with van der Waals surface area (Å²) in [5.41, 5.74) is 0. The van der Waals surface area contributed by atoms with Crippen LogP contribution < -0.4 is 10.6 Å². The van der Waals surface area contributed by atoms with E-state index in [1.807, 2.05) is 0 Å². The summed E-state index contributed by atoms with van der Waals surface area (Å²) in [6.45, 7) is 13.7. The summed E-state index contributed by atoms with van der Waals surface area (Å²) in [7, 11) is 3.49. The number of nitrogens with zero attached hydrogens (tertiary/aromatic N) is 3. The summed E-state index contributed by atoms with van der Waals surface area (Å²) in [4.78, 5) is 20.0. The Morgan fingerprint density at radius 2 is 1.57 bits per heavy atom. The largest absolute Gasteiger partial charge is 0.356 e. The van der Waals surface area contributed by atoms with Crippen molar-refractivity contribution in [2.24, 2.45) is 4.99 Å². The summed E-state index contributed by atoms with van der Waals surface area (Å²) >= 11 is 0. The monoisotopic (exact) mass is 441 g/mol. The second kappa shape index (κ2) is 13.8. The van der Waals surface area contributed by atoms with Crippen molar-refractivity contribution in [3.8, 4) is 0 Å². The Morgan fingerprint density at radius 1 is 1.04 bits per heavy atom. The molecule has 138 valence electrons. The van der Waals surface area contributed by atoms with Gasteiger partial charge in [-0.15, -0.1) is 24.0 Å². The van der Waals surface area contributed by atoms with Gasteiger partial charge in [0, 0.05) is 45.8 Å². The van der Waals surface area contributed by atoms with Gasteiger partial charge in [0.15, 0.2) is 5.96 Å². The average Bonchev–Trinajstić information content (AvgIpc) is 2.43. The van der Waals surface area contributed by atoms with E-state index in [1.165, 1.54) is 0 Å². The van der Waals surface area contributed by atoms with Gasteiger partial charge < -0.3 is 15.5 Å². The molecule has 0 aliphatic carbocycles. The third-order valence-corrected chi connectivity index (χ3v) is 3.40. The Morgan fingerprint density at radius 3 is 2.00 bits per heavy atom. The summed E-state index contributed by atoms with van der Waals surface area (Å²) in [5, 5.41) is 6.56. The number of amides is 1. The molecule has 0 rings (SSSR count). The highest BCUT2D eigenvalue weighted by Crippen LogP contribution is 2.03. The van der Waals surface area contributed by atoms with E-state index >= 15 is 0 Å². The van der Waals surface area contributed by atoms with Gasteiger partial charge in [-0.2, -0.15) is 0 Å². The van der Waals surface area contributed by atoms with Crippen molar-refractivity contribution in [1.29, 1.82) is 0 Å². The third kappa shape index (κ3) is 11.6. The molecule has 0 fully saturated rings. The van der Waals surface area contributed by atoms with Crippen LogP contribution in [0.3, 0.4) is 0 Å². The van der Waals surface area contributed by atoms with Crippen LogP contribution in [-0.4, -0.2) is 74.0 Å². The smallest absolute Gasteiger partial charge is 0.243 e. The molecule has 23 heavy (non-hydrogen) atoms. The maximum absolute atomic E-state index is 11.6. The number of carbonyl (C=O) groups is 1. The van der Waals surface area contributed by atoms with Crippen molar-refractivity contribution in [1.82, 2.24) is 20.4 Å². The maximum Gasteiger partial charge on any atom is 0.243 e. The highest BCUT2D eigenvalue weighted by Gasteiger charge is 2.12. The number of halogens is 1. The molecular formula is C16H36IN5O. The lowest BCUT2D eigenvalue weighted by Gasteiger charge is -2.30. The van der Waals surface area contributed by atoms with Gasteiger partial charge in [-0.1, -0.05) is 6.92 Å². The molecule has 0 heterocycles. The summed E-state index contributed by atoms with van der Waals surface area (Å²) in [5.74, 6) is 0.716. The van der Waals surface area contributed by atoms with Crippen molar-refractivity contribution in [2.45, 2.75) is 53.1 Å². The molecule has 0 saturated carbocycles. The Bertz CT molecular complexity index is 337. The fraction of sp³-hybridized carbons (Fsp3) is 0.875. The predicted octanol–water partition coefficient (Wildman–Crippen LogP) is 1.76. The van der Waals surface area contributed by atoms with E-state index in [4.69, 9.17) is 0 Å². The first-order valence-corrected chi connectivity index (χ1v) is 8.27. The van der Waals surface area contributed by atoms with Crippen LogP contribution in [0.15, 0.2) is 4.99 Å². The number of likely N-dealkylation sites (N-methyl/N-ethyl adjacent to an activating group) is 1. The Hall–Kier alpha value is -0.570. The molecule has 0 bridgehead atoms. The van der Waals surface area contributed by atoms with E-state index < -0.39 is 0 Å². The molecule has 0 aromatic carbocycles. The SMILES string of the molecule is CCCNC(=NCC(=O)N(C)C)NCCN(C(C)C)C(C)C.I. The fourth-order valence-corrected chi connectivity index (χ4v) is 2.12. The molecule has 0 aromatic rings. The average molecular weight is 441 g/mol. The first-order chi connectivity index (χ1) is 10.3. The Kier molecular flexibility index (Phi) is 14.8. The second-order valence-electron chi connectivity index (χ2n) is 6.23. The van der Waals surface area contributed by atoms with Crippen molar-refractivity contribution in [2.75, 3.05) is 40.3 Å². The summed E-state index contributed by atoms with van der Waals surface area (Å²) < 4.78 is 0. The lowest BCUT2D eigenvalue weighted by Crippen LogP contribution is -2.45.